The fraction of sp³-hybridized carbons (Fsp3) is 0.0952. The highest BCUT2D eigenvalue weighted by molar-refractivity contribution is 6.31. The number of nitrogens with zero attached hydrogens (tertiary/aromatic N) is 1. The molecule has 0 aromatic heterocycles. The quantitative estimate of drug-likeness (QED) is 0.610. The summed E-state index contributed by atoms with van der Waals surface area (Å²) in [5.74, 6) is 0.216. The summed E-state index contributed by atoms with van der Waals surface area (Å²) >= 11 is 6.12. The lowest BCUT2D eigenvalue weighted by Crippen LogP contribution is -1.91. The summed E-state index contributed by atoms with van der Waals surface area (Å²) in [7, 11) is 0. The Hall–Kier alpha value is -2.58. The van der Waals surface area contributed by atoms with E-state index in [0.29, 0.717) is 10.6 Å². The number of phenols is 1. The summed E-state index contributed by atoms with van der Waals surface area (Å²) in [6.07, 6.45) is 2.49. The van der Waals surface area contributed by atoms with E-state index in [0.717, 1.165) is 23.2 Å². The molecule has 0 heterocycles. The van der Waals surface area contributed by atoms with Crippen LogP contribution < -0.4 is 0 Å². The Kier molecular flexibility index (Phi) is 4.97. The second kappa shape index (κ2) is 7.33. The molecule has 120 valence electrons. The second-order valence-electron chi connectivity index (χ2n) is 5.75. The smallest absolute Gasteiger partial charge is 0.124 e. The van der Waals surface area contributed by atoms with Crippen molar-refractivity contribution in [3.8, 4) is 5.75 Å². The van der Waals surface area contributed by atoms with E-state index in [2.05, 4.69) is 17.1 Å². The van der Waals surface area contributed by atoms with Crippen LogP contribution in [0.4, 0.5) is 5.69 Å². The van der Waals surface area contributed by atoms with E-state index in [4.69, 9.17) is 11.6 Å². The molecule has 0 aliphatic rings. The Morgan fingerprint density at radius 3 is 2.50 bits per heavy atom. The number of hydrogen-bond acceptors (Lipinski definition) is 2. The van der Waals surface area contributed by atoms with Crippen LogP contribution in [0.15, 0.2) is 71.7 Å². The van der Waals surface area contributed by atoms with Gasteiger partial charge in [0.15, 0.2) is 0 Å². The maximum atomic E-state index is 10.1. The fourth-order valence-electron chi connectivity index (χ4n) is 2.46. The second-order valence-corrected chi connectivity index (χ2v) is 6.15. The topological polar surface area (TPSA) is 32.6 Å². The zero-order valence-corrected chi connectivity index (χ0v) is 14.2. The highest BCUT2D eigenvalue weighted by atomic mass is 35.5. The van der Waals surface area contributed by atoms with Gasteiger partial charge in [0.2, 0.25) is 0 Å². The average Bonchev–Trinajstić information content (AvgIpc) is 2.59. The van der Waals surface area contributed by atoms with E-state index >= 15 is 0 Å². The number of benzene rings is 3. The predicted octanol–water partition coefficient (Wildman–Crippen LogP) is 5.70. The minimum atomic E-state index is 0.216. The molecule has 0 saturated heterocycles. The molecular weight excluding hydrogens is 318 g/mol. The highest BCUT2D eigenvalue weighted by Gasteiger charge is 2.03. The zero-order chi connectivity index (χ0) is 16.9. The molecule has 0 spiro atoms. The molecule has 0 radical (unpaired) electrons. The summed E-state index contributed by atoms with van der Waals surface area (Å²) in [6, 6.07) is 21.5. The molecule has 3 rings (SSSR count). The molecule has 0 fully saturated rings. The normalized spacial score (nSPS) is 11.1. The lowest BCUT2D eigenvalue weighted by molar-refractivity contribution is 0.474. The summed E-state index contributed by atoms with van der Waals surface area (Å²) in [5.41, 5.74) is 4.83. The van der Waals surface area contributed by atoms with Crippen LogP contribution in [0.1, 0.15) is 22.3 Å². The van der Waals surface area contributed by atoms with E-state index in [1.54, 1.807) is 12.3 Å². The van der Waals surface area contributed by atoms with Crippen molar-refractivity contribution in [2.75, 3.05) is 0 Å². The summed E-state index contributed by atoms with van der Waals surface area (Å²) in [4.78, 5) is 4.42. The molecule has 0 aliphatic heterocycles. The number of aromatic hydroxyl groups is 1. The minimum absolute atomic E-state index is 0.216. The summed E-state index contributed by atoms with van der Waals surface area (Å²) in [5, 5.41) is 10.7. The molecule has 0 atom stereocenters. The van der Waals surface area contributed by atoms with Crippen LogP contribution in [0, 0.1) is 6.92 Å². The third-order valence-electron chi connectivity index (χ3n) is 3.85. The molecule has 2 nitrogen and oxygen atoms in total. The van der Waals surface area contributed by atoms with Gasteiger partial charge in [0.25, 0.3) is 0 Å². The lowest BCUT2D eigenvalue weighted by Gasteiger charge is -2.05. The van der Waals surface area contributed by atoms with Crippen molar-refractivity contribution in [1.82, 2.24) is 0 Å². The van der Waals surface area contributed by atoms with E-state index in [-0.39, 0.29) is 5.75 Å². The predicted molar refractivity (Wildman–Crippen MR) is 101 cm³/mol. The van der Waals surface area contributed by atoms with Crippen LogP contribution >= 0.6 is 11.6 Å². The first-order chi connectivity index (χ1) is 11.6. The van der Waals surface area contributed by atoms with Crippen LogP contribution in [0.25, 0.3) is 0 Å². The first kappa shape index (κ1) is 16.3. The summed E-state index contributed by atoms with van der Waals surface area (Å²) < 4.78 is 0. The van der Waals surface area contributed by atoms with Crippen molar-refractivity contribution in [3.63, 3.8) is 0 Å². The van der Waals surface area contributed by atoms with Crippen molar-refractivity contribution in [1.29, 1.82) is 0 Å². The highest BCUT2D eigenvalue weighted by Crippen LogP contribution is 2.23. The van der Waals surface area contributed by atoms with Gasteiger partial charge in [0.1, 0.15) is 5.75 Å². The number of phenolic OH excluding ortho intramolecular Hbond substituents is 1. The van der Waals surface area contributed by atoms with Crippen LogP contribution in [-0.4, -0.2) is 11.3 Å². The maximum Gasteiger partial charge on any atom is 0.124 e. The maximum absolute atomic E-state index is 10.1. The number of hydrogen-bond donors (Lipinski definition) is 1. The van der Waals surface area contributed by atoms with Crippen molar-refractivity contribution in [3.05, 3.63) is 94.0 Å². The van der Waals surface area contributed by atoms with E-state index in [1.807, 2.05) is 55.5 Å². The summed E-state index contributed by atoms with van der Waals surface area (Å²) in [6.45, 7) is 1.95. The Bertz CT molecular complexity index is 872. The molecule has 0 unspecified atom stereocenters. The molecule has 0 saturated carbocycles. The molecule has 3 aromatic rings. The SMILES string of the molecule is Cc1ccc(N=Cc2cc(Cc3ccccc3)ccc2O)cc1Cl. The van der Waals surface area contributed by atoms with Crippen molar-refractivity contribution < 1.29 is 5.11 Å². The van der Waals surface area contributed by atoms with E-state index in [9.17, 15) is 5.11 Å². The molecular formula is C21H18ClNO. The van der Waals surface area contributed by atoms with Gasteiger partial charge in [0.05, 0.1) is 5.69 Å². The number of aryl methyl sites for hydroxylation is 1. The molecule has 3 aromatic carbocycles. The molecule has 0 aliphatic carbocycles. The third-order valence-corrected chi connectivity index (χ3v) is 4.26. The van der Waals surface area contributed by atoms with Crippen LogP contribution in [-0.2, 0) is 6.42 Å². The van der Waals surface area contributed by atoms with Crippen LogP contribution in [0.3, 0.4) is 0 Å². The zero-order valence-electron chi connectivity index (χ0n) is 13.4. The van der Waals surface area contributed by atoms with Gasteiger partial charge in [-0.2, -0.15) is 0 Å². The Morgan fingerprint density at radius 1 is 0.958 bits per heavy atom. The number of aliphatic imine (C=N–C) groups is 1. The fourth-order valence-corrected chi connectivity index (χ4v) is 2.63. The van der Waals surface area contributed by atoms with Crippen LogP contribution in [0.5, 0.6) is 5.75 Å². The van der Waals surface area contributed by atoms with Gasteiger partial charge in [0, 0.05) is 16.8 Å². The largest absolute Gasteiger partial charge is 0.507 e. The van der Waals surface area contributed by atoms with Gasteiger partial charge in [-0.3, -0.25) is 4.99 Å². The first-order valence-corrected chi connectivity index (χ1v) is 8.15. The number of rotatable bonds is 4. The van der Waals surface area contributed by atoms with Crippen LogP contribution in [0.2, 0.25) is 5.02 Å². The Balaban J connectivity index is 1.83. The molecule has 1 N–H and O–H groups in total. The van der Waals surface area contributed by atoms with Gasteiger partial charge < -0.3 is 5.11 Å². The Labute approximate surface area is 147 Å². The third kappa shape index (κ3) is 4.03. The van der Waals surface area contributed by atoms with E-state index in [1.165, 1.54) is 5.56 Å². The molecule has 3 heteroatoms. The average molecular weight is 336 g/mol. The Morgan fingerprint density at radius 2 is 1.75 bits per heavy atom. The standard InChI is InChI=1S/C21H18ClNO/c1-15-7-9-19(13-20(15)22)23-14-18-12-17(8-10-21(18)24)11-16-5-3-2-4-6-16/h2-10,12-14,24H,11H2,1H3. The minimum Gasteiger partial charge on any atom is -0.507 e. The van der Waals surface area contributed by atoms with Gasteiger partial charge in [-0.05, 0) is 54.3 Å². The lowest BCUT2D eigenvalue weighted by atomic mass is 10.0. The van der Waals surface area contributed by atoms with Crippen molar-refractivity contribution >= 4 is 23.5 Å². The van der Waals surface area contributed by atoms with Gasteiger partial charge in [-0.1, -0.05) is 54.1 Å². The van der Waals surface area contributed by atoms with Gasteiger partial charge >= 0.3 is 0 Å². The molecule has 0 amide bonds. The van der Waals surface area contributed by atoms with Gasteiger partial charge in [-0.15, -0.1) is 0 Å². The monoisotopic (exact) mass is 335 g/mol. The number of halogens is 1. The molecule has 0 bridgehead atoms. The first-order valence-electron chi connectivity index (χ1n) is 7.78. The van der Waals surface area contributed by atoms with E-state index < -0.39 is 0 Å². The molecule has 24 heavy (non-hydrogen) atoms. The van der Waals surface area contributed by atoms with Gasteiger partial charge in [-0.25, -0.2) is 0 Å². The van der Waals surface area contributed by atoms with Crippen molar-refractivity contribution in [2.24, 2.45) is 4.99 Å². The van der Waals surface area contributed by atoms with Crippen molar-refractivity contribution in [2.45, 2.75) is 13.3 Å².